The van der Waals surface area contributed by atoms with Gasteiger partial charge < -0.3 is 4.74 Å². The lowest BCUT2D eigenvalue weighted by atomic mass is 10.2. The molecule has 0 spiro atoms. The highest BCUT2D eigenvalue weighted by Gasteiger charge is 2.17. The maximum atomic E-state index is 12.2. The molecule has 0 aliphatic carbocycles. The second-order valence-electron chi connectivity index (χ2n) is 3.82. The molecule has 2 rings (SSSR count). The molecular weight excluding hydrogens is 316 g/mol. The number of nitrogens with one attached hydrogen (secondary N) is 1. The highest BCUT2D eigenvalue weighted by molar-refractivity contribution is 7.92. The van der Waals surface area contributed by atoms with E-state index in [1.807, 2.05) is 6.07 Å². The summed E-state index contributed by atoms with van der Waals surface area (Å²) in [6, 6.07) is 6.27. The number of benzene rings is 1. The molecule has 0 saturated carbocycles. The minimum absolute atomic E-state index is 0.0510. The summed E-state index contributed by atoms with van der Waals surface area (Å²) in [6.07, 6.45) is 2.18. The Balaban J connectivity index is 2.37. The van der Waals surface area contributed by atoms with Crippen molar-refractivity contribution >= 4 is 27.3 Å². The molecule has 0 atom stereocenters. The molecule has 1 aromatic carbocycles. The largest absolute Gasteiger partial charge is 0.495 e. The van der Waals surface area contributed by atoms with Gasteiger partial charge in [-0.2, -0.15) is 5.26 Å². The van der Waals surface area contributed by atoms with E-state index in [1.165, 1.54) is 25.3 Å². The maximum absolute atomic E-state index is 12.2. The third-order valence-corrected chi connectivity index (χ3v) is 4.00. The number of aromatic nitrogens is 2. The van der Waals surface area contributed by atoms with Crippen molar-refractivity contribution in [3.8, 4) is 11.8 Å². The summed E-state index contributed by atoms with van der Waals surface area (Å²) in [5.74, 6) is 0.229. The first-order valence-electron chi connectivity index (χ1n) is 5.55. The molecule has 108 valence electrons. The third kappa shape index (κ3) is 3.39. The highest BCUT2D eigenvalue weighted by Crippen LogP contribution is 2.27. The molecule has 0 bridgehead atoms. The van der Waals surface area contributed by atoms with Gasteiger partial charge >= 0.3 is 0 Å². The van der Waals surface area contributed by atoms with Gasteiger partial charge in [-0.05, 0) is 23.7 Å². The Hall–Kier alpha value is -2.37. The van der Waals surface area contributed by atoms with Crippen molar-refractivity contribution in [1.82, 2.24) is 9.97 Å². The molecule has 0 saturated heterocycles. The van der Waals surface area contributed by atoms with E-state index in [9.17, 15) is 8.42 Å². The molecule has 7 nitrogen and oxygen atoms in total. The predicted octanol–water partition coefficient (Wildman–Crippen LogP) is 1.81. The van der Waals surface area contributed by atoms with Gasteiger partial charge in [-0.1, -0.05) is 0 Å². The van der Waals surface area contributed by atoms with Gasteiger partial charge in [0, 0.05) is 6.07 Å². The van der Waals surface area contributed by atoms with Crippen molar-refractivity contribution in [1.29, 1.82) is 5.26 Å². The van der Waals surface area contributed by atoms with Gasteiger partial charge in [0.25, 0.3) is 10.0 Å². The van der Waals surface area contributed by atoms with E-state index in [1.54, 1.807) is 0 Å². The molecule has 0 amide bonds. The summed E-state index contributed by atoms with van der Waals surface area (Å²) in [5, 5.41) is 8.76. The lowest BCUT2D eigenvalue weighted by Crippen LogP contribution is -2.14. The van der Waals surface area contributed by atoms with Crippen LogP contribution in [0.5, 0.6) is 5.75 Å². The molecule has 9 heteroatoms. The standard InChI is InChI=1S/C12H9ClN4O3S/c1-20-11-4-8(5-14)2-3-10(11)17-21(18,19)9-6-15-12(13)16-7-9/h2-4,6-7,17H,1H3. The van der Waals surface area contributed by atoms with Crippen LogP contribution < -0.4 is 9.46 Å². The fourth-order valence-corrected chi connectivity index (χ4v) is 2.54. The molecule has 2 aromatic rings. The summed E-state index contributed by atoms with van der Waals surface area (Å²) in [7, 11) is -2.50. The van der Waals surface area contributed by atoms with E-state index >= 15 is 0 Å². The zero-order chi connectivity index (χ0) is 15.5. The van der Waals surface area contributed by atoms with E-state index < -0.39 is 10.0 Å². The number of anilines is 1. The zero-order valence-corrected chi connectivity index (χ0v) is 12.3. The topological polar surface area (TPSA) is 105 Å². The number of ether oxygens (including phenoxy) is 1. The van der Waals surface area contributed by atoms with Gasteiger partial charge in [0.15, 0.2) is 0 Å². The molecule has 21 heavy (non-hydrogen) atoms. The van der Waals surface area contributed by atoms with Crippen molar-refractivity contribution in [2.75, 3.05) is 11.8 Å². The van der Waals surface area contributed by atoms with Crippen LogP contribution in [0, 0.1) is 11.3 Å². The highest BCUT2D eigenvalue weighted by atomic mass is 35.5. The Labute approximate surface area is 126 Å². The molecule has 0 aliphatic rings. The Morgan fingerprint density at radius 2 is 2.00 bits per heavy atom. The van der Waals surface area contributed by atoms with Gasteiger partial charge in [0.1, 0.15) is 10.6 Å². The smallest absolute Gasteiger partial charge is 0.265 e. The SMILES string of the molecule is COc1cc(C#N)ccc1NS(=O)(=O)c1cnc(Cl)nc1. The summed E-state index contributed by atoms with van der Waals surface area (Å²) in [6.45, 7) is 0. The van der Waals surface area contributed by atoms with Crippen molar-refractivity contribution in [2.45, 2.75) is 4.90 Å². The number of hydrogen-bond donors (Lipinski definition) is 1. The molecule has 1 heterocycles. The van der Waals surface area contributed by atoms with Crippen molar-refractivity contribution < 1.29 is 13.2 Å². The third-order valence-electron chi connectivity index (χ3n) is 2.48. The average Bonchev–Trinajstić information content (AvgIpc) is 2.47. The molecule has 0 unspecified atom stereocenters. The minimum atomic E-state index is -3.88. The number of rotatable bonds is 4. The van der Waals surface area contributed by atoms with Crippen molar-refractivity contribution in [3.05, 3.63) is 41.4 Å². The summed E-state index contributed by atoms with van der Waals surface area (Å²) in [5.41, 5.74) is 0.552. The van der Waals surface area contributed by atoms with Crippen LogP contribution in [0.2, 0.25) is 5.28 Å². The van der Waals surface area contributed by atoms with E-state index in [2.05, 4.69) is 14.7 Å². The maximum Gasteiger partial charge on any atom is 0.265 e. The lowest BCUT2D eigenvalue weighted by Gasteiger charge is -2.11. The Bertz CT molecular complexity index is 800. The molecule has 1 N–H and O–H groups in total. The van der Waals surface area contributed by atoms with E-state index in [4.69, 9.17) is 21.6 Å². The number of hydrogen-bond acceptors (Lipinski definition) is 6. The monoisotopic (exact) mass is 324 g/mol. The first-order chi connectivity index (χ1) is 9.96. The van der Waals surface area contributed by atoms with Gasteiger partial charge in [-0.25, -0.2) is 18.4 Å². The van der Waals surface area contributed by atoms with Crippen LogP contribution in [0.15, 0.2) is 35.5 Å². The van der Waals surface area contributed by atoms with Gasteiger partial charge in [0.05, 0.1) is 36.8 Å². The first-order valence-corrected chi connectivity index (χ1v) is 7.41. The van der Waals surface area contributed by atoms with Crippen LogP contribution in [0.25, 0.3) is 0 Å². The second-order valence-corrected chi connectivity index (χ2v) is 5.84. The number of methoxy groups -OCH3 is 1. The average molecular weight is 325 g/mol. The van der Waals surface area contributed by atoms with E-state index in [0.29, 0.717) is 5.56 Å². The first kappa shape index (κ1) is 15.0. The van der Waals surface area contributed by atoms with E-state index in [0.717, 1.165) is 12.4 Å². The zero-order valence-electron chi connectivity index (χ0n) is 10.7. The van der Waals surface area contributed by atoms with Crippen LogP contribution in [0.4, 0.5) is 5.69 Å². The van der Waals surface area contributed by atoms with Crippen LogP contribution >= 0.6 is 11.6 Å². The normalized spacial score (nSPS) is 10.7. The van der Waals surface area contributed by atoms with Crippen LogP contribution in [0.3, 0.4) is 0 Å². The fourth-order valence-electron chi connectivity index (χ4n) is 1.49. The summed E-state index contributed by atoms with van der Waals surface area (Å²) in [4.78, 5) is 7.10. The molecule has 0 fully saturated rings. The van der Waals surface area contributed by atoms with Gasteiger partial charge in [-0.15, -0.1) is 0 Å². The summed E-state index contributed by atoms with van der Waals surface area (Å²) >= 11 is 5.51. The molecular formula is C12H9ClN4O3S. The van der Waals surface area contributed by atoms with Crippen molar-refractivity contribution in [3.63, 3.8) is 0 Å². The number of sulfonamides is 1. The van der Waals surface area contributed by atoms with Crippen LogP contribution in [-0.2, 0) is 10.0 Å². The number of nitrogens with zero attached hydrogens (tertiary/aromatic N) is 3. The summed E-state index contributed by atoms with van der Waals surface area (Å²) < 4.78 is 31.8. The van der Waals surface area contributed by atoms with Crippen LogP contribution in [-0.4, -0.2) is 25.5 Å². The van der Waals surface area contributed by atoms with E-state index in [-0.39, 0.29) is 21.6 Å². The van der Waals surface area contributed by atoms with Gasteiger partial charge in [-0.3, -0.25) is 4.72 Å². The molecule has 0 aliphatic heterocycles. The Kier molecular flexibility index (Phi) is 4.26. The second kappa shape index (κ2) is 5.95. The molecule has 0 radical (unpaired) electrons. The van der Waals surface area contributed by atoms with Gasteiger partial charge in [0.2, 0.25) is 5.28 Å². The van der Waals surface area contributed by atoms with Crippen LogP contribution in [0.1, 0.15) is 5.56 Å². The Morgan fingerprint density at radius 1 is 1.33 bits per heavy atom. The Morgan fingerprint density at radius 3 is 2.57 bits per heavy atom. The quantitative estimate of drug-likeness (QED) is 0.860. The lowest BCUT2D eigenvalue weighted by molar-refractivity contribution is 0.416. The number of halogens is 1. The minimum Gasteiger partial charge on any atom is -0.495 e. The molecule has 1 aromatic heterocycles. The van der Waals surface area contributed by atoms with Crippen molar-refractivity contribution in [2.24, 2.45) is 0 Å². The predicted molar refractivity (Wildman–Crippen MR) is 75.6 cm³/mol. The number of nitriles is 1. The fraction of sp³-hybridized carbons (Fsp3) is 0.0833.